The Kier molecular flexibility index (Phi) is 11.2. The van der Waals surface area contributed by atoms with E-state index in [-0.39, 0.29) is 12.3 Å². The van der Waals surface area contributed by atoms with E-state index in [1.54, 1.807) is 4.57 Å². The van der Waals surface area contributed by atoms with Crippen molar-refractivity contribution in [1.82, 2.24) is 4.57 Å². The van der Waals surface area contributed by atoms with Gasteiger partial charge in [-0.25, -0.2) is 0 Å². The average Bonchev–Trinajstić information content (AvgIpc) is 3.41. The highest BCUT2D eigenvalue weighted by Crippen LogP contribution is 2.31. The third-order valence-electron chi connectivity index (χ3n) is 8.43. The zero-order valence-corrected chi connectivity index (χ0v) is 28.1. The number of rotatable bonds is 15. The summed E-state index contributed by atoms with van der Waals surface area (Å²) in [5.74, 6) is 0.255. The highest BCUT2D eigenvalue weighted by Gasteiger charge is 2.20. The Balaban J connectivity index is 1.45. The van der Waals surface area contributed by atoms with Gasteiger partial charge in [0, 0.05) is 31.1 Å². The summed E-state index contributed by atoms with van der Waals surface area (Å²) in [4.78, 5) is 25.6. The first kappa shape index (κ1) is 33.5. The number of aliphatic carboxylic acids is 1. The average molecular weight is 630 g/mol. The minimum absolute atomic E-state index is 0.0914. The van der Waals surface area contributed by atoms with Crippen molar-refractivity contribution in [2.24, 2.45) is 11.8 Å². The Morgan fingerprint density at radius 3 is 1.87 bits per heavy atom. The molecule has 1 heterocycles. The number of fused-ring (bicyclic) bond motifs is 1. The maximum atomic E-state index is 14.4. The van der Waals surface area contributed by atoms with Gasteiger partial charge in [-0.1, -0.05) is 100 Å². The van der Waals surface area contributed by atoms with E-state index in [1.807, 2.05) is 48.7 Å². The third-order valence-corrected chi connectivity index (χ3v) is 8.43. The molecule has 5 rings (SSSR count). The molecule has 0 aliphatic rings. The summed E-state index contributed by atoms with van der Waals surface area (Å²) in [6.07, 6.45) is 5.17. The zero-order chi connectivity index (χ0) is 33.3. The van der Waals surface area contributed by atoms with Crippen LogP contribution in [0.15, 0.2) is 97.2 Å². The number of carboxylic acids is 1. The Hall–Kier alpha value is -4.84. The molecule has 3 N–H and O–H groups in total. The summed E-state index contributed by atoms with van der Waals surface area (Å²) in [5, 5.41) is 17.4. The number of carboxylic acid groups (broad SMARTS) is 1. The van der Waals surface area contributed by atoms with Gasteiger partial charge < -0.3 is 15.7 Å². The predicted molar refractivity (Wildman–Crippen MR) is 193 cm³/mol. The second-order valence-corrected chi connectivity index (χ2v) is 13.4. The van der Waals surface area contributed by atoms with Crippen LogP contribution in [0, 0.1) is 11.8 Å². The fraction of sp³-hybridized carbons (Fsp3) is 0.317. The highest BCUT2D eigenvalue weighted by atomic mass is 16.4. The summed E-state index contributed by atoms with van der Waals surface area (Å²) < 4.78 is 1.71. The molecule has 0 bridgehead atoms. The molecule has 0 radical (unpaired) electrons. The predicted octanol–water partition coefficient (Wildman–Crippen LogP) is 9.36. The summed E-state index contributed by atoms with van der Waals surface area (Å²) in [6.45, 7) is 10.1. The summed E-state index contributed by atoms with van der Waals surface area (Å²) in [6, 6.07) is 31.1. The number of carbonyl (C=O) groups excluding carboxylic acids is 1. The van der Waals surface area contributed by atoms with Crippen LogP contribution in [-0.2, 0) is 37.1 Å². The second-order valence-electron chi connectivity index (χ2n) is 13.4. The Morgan fingerprint density at radius 2 is 1.28 bits per heavy atom. The van der Waals surface area contributed by atoms with Crippen LogP contribution in [0.2, 0.25) is 0 Å². The van der Waals surface area contributed by atoms with Crippen LogP contribution in [0.4, 0.5) is 11.4 Å². The molecule has 0 spiro atoms. The lowest BCUT2D eigenvalue weighted by molar-refractivity contribution is -0.137. The lowest BCUT2D eigenvalue weighted by Gasteiger charge is -2.18. The van der Waals surface area contributed by atoms with Gasteiger partial charge in [0.05, 0.1) is 22.5 Å². The second kappa shape index (κ2) is 15.6. The number of aryl methyl sites for hydroxylation is 1. The quantitative estimate of drug-likeness (QED) is 0.107. The number of carbonyl (C=O) groups is 2. The van der Waals surface area contributed by atoms with Gasteiger partial charge in [0.25, 0.3) is 5.91 Å². The molecule has 6 nitrogen and oxygen atoms in total. The molecule has 4 aromatic carbocycles. The van der Waals surface area contributed by atoms with E-state index < -0.39 is 5.97 Å². The van der Waals surface area contributed by atoms with Crippen LogP contribution < -0.4 is 10.6 Å². The molecule has 0 unspecified atom stereocenters. The molecule has 0 saturated heterocycles. The Bertz CT molecular complexity index is 1800. The van der Waals surface area contributed by atoms with E-state index in [2.05, 4.69) is 86.9 Å². The van der Waals surface area contributed by atoms with Crippen LogP contribution in [0.1, 0.15) is 78.7 Å². The maximum Gasteiger partial charge on any atom is 0.303 e. The number of nitrogens with one attached hydrogen (secondary N) is 2. The molecular weight excluding hydrogens is 582 g/mol. The van der Waals surface area contributed by atoms with E-state index >= 15 is 0 Å². The molecule has 0 aliphatic carbocycles. The number of hydrogen-bond donors (Lipinski definition) is 3. The molecule has 6 heteroatoms. The Morgan fingerprint density at radius 1 is 0.702 bits per heavy atom. The van der Waals surface area contributed by atoms with Gasteiger partial charge in [0.1, 0.15) is 0 Å². The first-order valence-corrected chi connectivity index (χ1v) is 16.8. The number of nitrogens with zero attached hydrogens (tertiary/aromatic N) is 1. The smallest absolute Gasteiger partial charge is 0.303 e. The molecular formula is C41H47N3O3. The fourth-order valence-electron chi connectivity index (χ4n) is 6.16. The third kappa shape index (κ3) is 8.91. The van der Waals surface area contributed by atoms with Crippen molar-refractivity contribution in [2.45, 2.75) is 72.9 Å². The van der Waals surface area contributed by atoms with E-state index in [9.17, 15) is 14.7 Å². The molecule has 0 amide bonds. The monoisotopic (exact) mass is 629 g/mol. The standard InChI is InChI=1S/C41H47N3O3/c1-28(2)23-30-15-19-32(20-16-30)25-42-37-12-8-11-36(40(37)43-26-33-21-17-31(18-22-33)24-29(3)4)41(47)44-27-34(9-7-14-39(45)46)35-10-5-6-13-38(35)44/h5-6,8,10-13,15-22,27-29,42-43H,7,9,14,23-26H2,1-4H3,(H,45,46). The molecule has 0 aliphatic heterocycles. The van der Waals surface area contributed by atoms with E-state index in [0.29, 0.717) is 43.3 Å². The number of anilines is 2. The van der Waals surface area contributed by atoms with Crippen molar-refractivity contribution in [3.8, 4) is 0 Å². The van der Waals surface area contributed by atoms with Crippen molar-refractivity contribution >= 4 is 34.2 Å². The highest BCUT2D eigenvalue weighted by molar-refractivity contribution is 6.08. The van der Waals surface area contributed by atoms with Gasteiger partial charge in [-0.3, -0.25) is 14.2 Å². The van der Waals surface area contributed by atoms with Crippen LogP contribution in [-0.4, -0.2) is 21.6 Å². The van der Waals surface area contributed by atoms with E-state index in [1.165, 1.54) is 16.7 Å². The van der Waals surface area contributed by atoms with Gasteiger partial charge in [0.2, 0.25) is 0 Å². The first-order valence-electron chi connectivity index (χ1n) is 16.8. The van der Waals surface area contributed by atoms with Crippen molar-refractivity contribution in [3.63, 3.8) is 0 Å². The summed E-state index contributed by atoms with van der Waals surface area (Å²) in [5.41, 5.74) is 8.93. The van der Waals surface area contributed by atoms with Crippen molar-refractivity contribution < 1.29 is 14.7 Å². The van der Waals surface area contributed by atoms with Gasteiger partial charge in [0.15, 0.2) is 0 Å². The van der Waals surface area contributed by atoms with E-state index in [0.717, 1.165) is 46.2 Å². The van der Waals surface area contributed by atoms with Gasteiger partial charge >= 0.3 is 5.97 Å². The van der Waals surface area contributed by atoms with Crippen LogP contribution in [0.25, 0.3) is 10.9 Å². The molecule has 244 valence electrons. The SMILES string of the molecule is CC(C)Cc1ccc(CNc2cccc(C(=O)n3cc(CCCC(=O)O)c4ccccc43)c2NCc2ccc(CC(C)C)cc2)cc1. The molecule has 0 saturated carbocycles. The normalized spacial score (nSPS) is 11.4. The molecule has 0 atom stereocenters. The van der Waals surface area contributed by atoms with Gasteiger partial charge in [-0.2, -0.15) is 0 Å². The van der Waals surface area contributed by atoms with Crippen LogP contribution in [0.3, 0.4) is 0 Å². The van der Waals surface area contributed by atoms with Gasteiger partial charge in [-0.15, -0.1) is 0 Å². The van der Waals surface area contributed by atoms with Crippen molar-refractivity contribution in [2.75, 3.05) is 10.6 Å². The number of para-hydroxylation sites is 2. The van der Waals surface area contributed by atoms with Crippen LogP contribution >= 0.6 is 0 Å². The number of aromatic nitrogens is 1. The van der Waals surface area contributed by atoms with E-state index in [4.69, 9.17) is 0 Å². The molecule has 1 aromatic heterocycles. The number of benzene rings is 4. The molecule has 5 aromatic rings. The van der Waals surface area contributed by atoms with Crippen molar-refractivity contribution in [1.29, 1.82) is 0 Å². The molecule has 0 fully saturated rings. The Labute approximate surface area is 278 Å². The summed E-state index contributed by atoms with van der Waals surface area (Å²) in [7, 11) is 0. The minimum atomic E-state index is -0.814. The van der Waals surface area contributed by atoms with Crippen molar-refractivity contribution in [3.05, 3.63) is 131 Å². The lowest BCUT2D eigenvalue weighted by Crippen LogP contribution is -2.16. The van der Waals surface area contributed by atoms with Crippen LogP contribution in [0.5, 0.6) is 0 Å². The first-order chi connectivity index (χ1) is 22.7. The fourth-order valence-corrected chi connectivity index (χ4v) is 6.16. The zero-order valence-electron chi connectivity index (χ0n) is 28.1. The summed E-state index contributed by atoms with van der Waals surface area (Å²) >= 11 is 0. The van der Waals surface area contributed by atoms with Gasteiger partial charge in [-0.05, 0) is 83.5 Å². The largest absolute Gasteiger partial charge is 0.481 e. The maximum absolute atomic E-state index is 14.4. The topological polar surface area (TPSA) is 83.4 Å². The molecule has 47 heavy (non-hydrogen) atoms. The minimum Gasteiger partial charge on any atom is -0.481 e. The lowest BCUT2D eigenvalue weighted by atomic mass is 10.0. The number of hydrogen-bond acceptors (Lipinski definition) is 4.